The predicted molar refractivity (Wildman–Crippen MR) is 199 cm³/mol. The molecule has 1 aromatic carbocycles. The Labute approximate surface area is 294 Å². The van der Waals surface area contributed by atoms with E-state index in [1.807, 2.05) is 13.0 Å². The van der Waals surface area contributed by atoms with E-state index < -0.39 is 0 Å². The van der Waals surface area contributed by atoms with Gasteiger partial charge in [-0.25, -0.2) is 4.79 Å². The molecule has 0 saturated heterocycles. The standard InChI is InChI=1S/C44H70O4/c1-7-46-29-10-8-9-11-30-47-42(45)24-17-34-15-19-36(20-16-34)48-37-25-27-43(5)35(31-37)18-21-38-40-23-22-39(33(4)14-12-13-32(2)3)44(40,6)28-26-41(38)43/h15-17,19-20,24,32-33,35,37-41H,7-14,18,21-23,25-31H2,1-6H3/b24-17+. The Kier molecular flexibility index (Phi) is 13.6. The van der Waals surface area contributed by atoms with E-state index in [-0.39, 0.29) is 5.97 Å². The van der Waals surface area contributed by atoms with Gasteiger partial charge in [0.1, 0.15) is 5.75 Å². The predicted octanol–water partition coefficient (Wildman–Crippen LogP) is 11.7. The zero-order chi connectivity index (χ0) is 34.1. The van der Waals surface area contributed by atoms with Gasteiger partial charge in [-0.1, -0.05) is 72.4 Å². The maximum absolute atomic E-state index is 12.2. The molecule has 9 atom stereocenters. The summed E-state index contributed by atoms with van der Waals surface area (Å²) >= 11 is 0. The molecule has 9 unspecified atom stereocenters. The third-order valence-electron chi connectivity index (χ3n) is 14.0. The number of benzene rings is 1. The van der Waals surface area contributed by atoms with Crippen molar-refractivity contribution < 1.29 is 19.0 Å². The Morgan fingerprint density at radius 3 is 2.31 bits per heavy atom. The maximum atomic E-state index is 12.2. The monoisotopic (exact) mass is 663 g/mol. The minimum atomic E-state index is -0.272. The molecule has 0 aromatic heterocycles. The molecule has 0 aliphatic heterocycles. The van der Waals surface area contributed by atoms with Gasteiger partial charge in [-0.15, -0.1) is 0 Å². The Bertz CT molecular complexity index is 1160. The summed E-state index contributed by atoms with van der Waals surface area (Å²) in [6.07, 6.45) is 24.5. The highest BCUT2D eigenvalue weighted by atomic mass is 16.5. The molecule has 270 valence electrons. The smallest absolute Gasteiger partial charge is 0.330 e. The van der Waals surface area contributed by atoms with Crippen molar-refractivity contribution in [1.82, 2.24) is 0 Å². The third kappa shape index (κ3) is 9.10. The summed E-state index contributed by atoms with van der Waals surface area (Å²) in [6, 6.07) is 8.24. The molecule has 0 bridgehead atoms. The SMILES string of the molecule is CCOCCCCCCOC(=O)/C=C/c1ccc(OC2CCC3(C)C(CCC4C3CCC3(C)C(C(C)CCCC(C)C)CCC43)C2)cc1. The number of unbranched alkanes of at least 4 members (excludes halogenated alkanes) is 3. The molecule has 0 spiro atoms. The molecule has 0 radical (unpaired) electrons. The molecule has 4 saturated carbocycles. The van der Waals surface area contributed by atoms with Crippen molar-refractivity contribution in [2.24, 2.45) is 52.3 Å². The highest BCUT2D eigenvalue weighted by Crippen LogP contribution is 2.68. The Hall–Kier alpha value is -1.81. The summed E-state index contributed by atoms with van der Waals surface area (Å²) in [6.45, 7) is 16.9. The van der Waals surface area contributed by atoms with Crippen LogP contribution >= 0.6 is 0 Å². The molecule has 0 N–H and O–H groups in total. The first-order valence-electron chi connectivity index (χ1n) is 20.3. The van der Waals surface area contributed by atoms with Gasteiger partial charge in [0, 0.05) is 19.3 Å². The minimum absolute atomic E-state index is 0.272. The topological polar surface area (TPSA) is 44.8 Å². The molecule has 0 amide bonds. The lowest BCUT2D eigenvalue weighted by molar-refractivity contribution is -0.137. The molecule has 4 aliphatic rings. The van der Waals surface area contributed by atoms with Crippen LogP contribution in [0.1, 0.15) is 150 Å². The van der Waals surface area contributed by atoms with Crippen LogP contribution in [0.4, 0.5) is 0 Å². The van der Waals surface area contributed by atoms with Crippen LogP contribution in [0.15, 0.2) is 30.3 Å². The normalized spacial score (nSPS) is 33.6. The molecule has 48 heavy (non-hydrogen) atoms. The van der Waals surface area contributed by atoms with Crippen LogP contribution in [0.5, 0.6) is 5.75 Å². The molecule has 1 aromatic rings. The van der Waals surface area contributed by atoms with E-state index in [0.717, 1.165) is 91.6 Å². The van der Waals surface area contributed by atoms with E-state index in [2.05, 4.69) is 58.9 Å². The van der Waals surface area contributed by atoms with E-state index >= 15 is 0 Å². The number of hydrogen-bond acceptors (Lipinski definition) is 4. The highest BCUT2D eigenvalue weighted by Gasteiger charge is 2.60. The third-order valence-corrected chi connectivity index (χ3v) is 14.0. The highest BCUT2D eigenvalue weighted by molar-refractivity contribution is 5.87. The zero-order valence-electron chi connectivity index (χ0n) is 31.7. The lowest BCUT2D eigenvalue weighted by Gasteiger charge is -2.61. The maximum Gasteiger partial charge on any atom is 0.330 e. The summed E-state index contributed by atoms with van der Waals surface area (Å²) in [5.74, 6) is 6.95. The van der Waals surface area contributed by atoms with Crippen molar-refractivity contribution in [2.45, 2.75) is 150 Å². The lowest BCUT2D eigenvalue weighted by Crippen LogP contribution is -2.54. The van der Waals surface area contributed by atoms with Gasteiger partial charge < -0.3 is 14.2 Å². The second-order valence-corrected chi connectivity index (χ2v) is 17.4. The summed E-state index contributed by atoms with van der Waals surface area (Å²) in [5.41, 5.74) is 2.05. The Balaban J connectivity index is 1.06. The number of rotatable bonds is 17. The first kappa shape index (κ1) is 37.4. The number of carbonyl (C=O) groups excluding carboxylic acids is 1. The van der Waals surface area contributed by atoms with Crippen LogP contribution in [0.25, 0.3) is 6.08 Å². The fraction of sp³-hybridized carbons (Fsp3) is 0.795. The van der Waals surface area contributed by atoms with Crippen LogP contribution in [-0.4, -0.2) is 31.9 Å². The van der Waals surface area contributed by atoms with Gasteiger partial charge in [-0.05, 0) is 160 Å². The summed E-state index contributed by atoms with van der Waals surface area (Å²) in [5, 5.41) is 0. The molecule has 5 rings (SSSR count). The van der Waals surface area contributed by atoms with Gasteiger partial charge >= 0.3 is 5.97 Å². The van der Waals surface area contributed by atoms with Crippen LogP contribution in [0, 0.1) is 52.3 Å². The van der Waals surface area contributed by atoms with Crippen molar-refractivity contribution in [2.75, 3.05) is 19.8 Å². The van der Waals surface area contributed by atoms with Gasteiger partial charge in [0.2, 0.25) is 0 Å². The molecule has 4 fully saturated rings. The van der Waals surface area contributed by atoms with Gasteiger partial charge in [0.25, 0.3) is 0 Å². The van der Waals surface area contributed by atoms with Gasteiger partial charge in [0.05, 0.1) is 12.7 Å². The Morgan fingerprint density at radius 1 is 0.833 bits per heavy atom. The van der Waals surface area contributed by atoms with Crippen molar-refractivity contribution in [1.29, 1.82) is 0 Å². The quantitative estimate of drug-likeness (QED) is 0.0946. The van der Waals surface area contributed by atoms with E-state index in [9.17, 15) is 4.79 Å². The summed E-state index contributed by atoms with van der Waals surface area (Å²) < 4.78 is 17.4. The average molecular weight is 663 g/mol. The van der Waals surface area contributed by atoms with Crippen LogP contribution in [-0.2, 0) is 14.3 Å². The van der Waals surface area contributed by atoms with Gasteiger partial charge in [0.15, 0.2) is 0 Å². The number of fused-ring (bicyclic) bond motifs is 5. The molecule has 4 aliphatic carbocycles. The van der Waals surface area contributed by atoms with Crippen molar-refractivity contribution in [3.05, 3.63) is 35.9 Å². The summed E-state index contributed by atoms with van der Waals surface area (Å²) in [4.78, 5) is 12.2. The van der Waals surface area contributed by atoms with Crippen LogP contribution in [0.3, 0.4) is 0 Å². The van der Waals surface area contributed by atoms with Crippen LogP contribution in [0.2, 0.25) is 0 Å². The van der Waals surface area contributed by atoms with E-state index in [1.54, 1.807) is 0 Å². The second kappa shape index (κ2) is 17.4. The van der Waals surface area contributed by atoms with Crippen molar-refractivity contribution in [3.8, 4) is 5.75 Å². The second-order valence-electron chi connectivity index (χ2n) is 17.4. The fourth-order valence-electron chi connectivity index (χ4n) is 11.4. The zero-order valence-corrected chi connectivity index (χ0v) is 31.7. The first-order chi connectivity index (χ1) is 23.1. The number of hydrogen-bond donors (Lipinski definition) is 0. The first-order valence-corrected chi connectivity index (χ1v) is 20.3. The lowest BCUT2D eigenvalue weighted by atomic mass is 9.44. The number of carbonyl (C=O) groups is 1. The van der Waals surface area contributed by atoms with E-state index in [1.165, 1.54) is 83.1 Å². The fourth-order valence-corrected chi connectivity index (χ4v) is 11.4. The number of esters is 1. The van der Waals surface area contributed by atoms with E-state index in [4.69, 9.17) is 14.2 Å². The molecule has 0 heterocycles. The van der Waals surface area contributed by atoms with Crippen molar-refractivity contribution in [3.63, 3.8) is 0 Å². The average Bonchev–Trinajstić information content (AvgIpc) is 3.43. The number of ether oxygens (including phenoxy) is 3. The van der Waals surface area contributed by atoms with Gasteiger partial charge in [-0.3, -0.25) is 0 Å². The molecule has 4 nitrogen and oxygen atoms in total. The van der Waals surface area contributed by atoms with Gasteiger partial charge in [-0.2, -0.15) is 0 Å². The van der Waals surface area contributed by atoms with Crippen LogP contribution < -0.4 is 4.74 Å². The molecular formula is C44H70O4. The molecular weight excluding hydrogens is 592 g/mol. The Morgan fingerprint density at radius 2 is 1.56 bits per heavy atom. The minimum Gasteiger partial charge on any atom is -0.490 e. The largest absolute Gasteiger partial charge is 0.490 e. The summed E-state index contributed by atoms with van der Waals surface area (Å²) in [7, 11) is 0. The van der Waals surface area contributed by atoms with Crippen molar-refractivity contribution >= 4 is 12.0 Å². The van der Waals surface area contributed by atoms with E-state index in [0.29, 0.717) is 23.5 Å². The molecule has 4 heteroatoms.